The number of aromatic amines is 2. The molecular weight excluding hydrogens is 676 g/mol. The van der Waals surface area contributed by atoms with Gasteiger partial charge in [-0.25, -0.2) is 9.13 Å². The second kappa shape index (κ2) is 14.7. The largest absolute Gasteiger partial charge is 0.430 e. The van der Waals surface area contributed by atoms with Crippen molar-refractivity contribution in [1.82, 2.24) is 15.2 Å². The summed E-state index contributed by atoms with van der Waals surface area (Å²) in [7, 11) is -5.60. The van der Waals surface area contributed by atoms with Crippen molar-refractivity contribution in [2.45, 2.75) is 13.8 Å². The molecule has 0 aliphatic rings. The molecule has 0 fully saturated rings. The molecule has 2 aromatic heterocycles. The van der Waals surface area contributed by atoms with Crippen LogP contribution in [0.3, 0.4) is 0 Å². The monoisotopic (exact) mass is 707 g/mol. The number of fused-ring (bicyclic) bond motifs is 2. The van der Waals surface area contributed by atoms with E-state index in [9.17, 15) is 29.4 Å². The fraction of sp³-hybridized carbons (Fsp3) is 0.156. The van der Waals surface area contributed by atoms with Crippen LogP contribution in [0.4, 0.5) is 11.4 Å². The van der Waals surface area contributed by atoms with E-state index < -0.39 is 25.0 Å². The van der Waals surface area contributed by atoms with Gasteiger partial charge < -0.3 is 23.1 Å². The van der Waals surface area contributed by atoms with Crippen LogP contribution in [0.1, 0.15) is 13.8 Å². The summed E-state index contributed by atoms with van der Waals surface area (Å²) in [6.07, 6.45) is 0.174. The average molecular weight is 708 g/mol. The Bertz CT molecular complexity index is 2130. The third-order valence-corrected chi connectivity index (χ3v) is 10.8. The van der Waals surface area contributed by atoms with E-state index in [4.69, 9.17) is 18.1 Å². The Morgan fingerprint density at radius 3 is 1.84 bits per heavy atom. The van der Waals surface area contributed by atoms with E-state index in [-0.39, 0.29) is 29.0 Å². The van der Waals surface area contributed by atoms with Crippen LogP contribution in [0.5, 0.6) is 17.2 Å². The summed E-state index contributed by atoms with van der Waals surface area (Å²) in [5, 5.41) is 31.5. The van der Waals surface area contributed by atoms with Crippen LogP contribution in [0.25, 0.3) is 33.2 Å². The molecule has 0 amide bonds. The zero-order valence-electron chi connectivity index (χ0n) is 26.5. The number of rotatable bonds is 12. The van der Waals surface area contributed by atoms with Crippen LogP contribution in [0.2, 0.25) is 0 Å². The molecule has 15 nitrogen and oxygen atoms in total. The molecule has 6 aromatic rings. The van der Waals surface area contributed by atoms with Crippen LogP contribution < -0.4 is 13.6 Å². The normalized spacial score (nSPS) is 12.5. The van der Waals surface area contributed by atoms with Crippen molar-refractivity contribution in [3.05, 3.63) is 117 Å². The molecular formula is C32H31N5O10P2. The van der Waals surface area contributed by atoms with Gasteiger partial charge in [-0.05, 0) is 42.5 Å². The topological polar surface area (TPSA) is 202 Å². The third kappa shape index (κ3) is 7.98. The van der Waals surface area contributed by atoms with E-state index in [0.717, 1.165) is 33.2 Å². The second-order valence-corrected chi connectivity index (χ2v) is 14.9. The lowest BCUT2D eigenvalue weighted by molar-refractivity contribution is -0.385. The predicted octanol–water partition coefficient (Wildman–Crippen LogP) is 9.12. The fourth-order valence-electron chi connectivity index (χ4n) is 4.67. The number of hydrogen-bond donors (Lipinski definition) is 2. The lowest BCUT2D eigenvalue weighted by Crippen LogP contribution is -2.06. The number of nitrogens with zero attached hydrogens (tertiary/aromatic N) is 3. The number of nitro groups is 2. The number of hydrogen-bond acceptors (Lipinski definition) is 11. The Balaban J connectivity index is 0.000000191. The SMILES string of the molecule is CCP(=O)(OC)Oc1ccc2[nH]nc(-c3cc4ccccc4[nH]3)c2c1.CCP(=O)(Oc1ccccc1[N+](=O)[O-])Oc1ccccc1[N+](=O)[O-]. The molecule has 0 aliphatic carbocycles. The van der Waals surface area contributed by atoms with Crippen LogP contribution in [0.15, 0.2) is 97.1 Å². The number of H-pyrrole nitrogens is 2. The summed E-state index contributed by atoms with van der Waals surface area (Å²) >= 11 is 0. The molecule has 6 rings (SSSR count). The molecule has 254 valence electrons. The molecule has 0 saturated carbocycles. The van der Waals surface area contributed by atoms with Gasteiger partial charge in [0.05, 0.1) is 33.4 Å². The highest BCUT2D eigenvalue weighted by Crippen LogP contribution is 2.51. The van der Waals surface area contributed by atoms with Gasteiger partial charge in [0.1, 0.15) is 11.4 Å². The number of nitro benzene ring substituents is 2. The molecule has 0 radical (unpaired) electrons. The number of benzene rings is 4. The quantitative estimate of drug-likeness (QED) is 0.0697. The highest BCUT2D eigenvalue weighted by molar-refractivity contribution is 7.54. The van der Waals surface area contributed by atoms with Crippen LogP contribution >= 0.6 is 15.2 Å². The molecule has 2 N–H and O–H groups in total. The summed E-state index contributed by atoms with van der Waals surface area (Å²) in [6.45, 7) is 3.26. The lowest BCUT2D eigenvalue weighted by atomic mass is 10.1. The van der Waals surface area contributed by atoms with Crippen molar-refractivity contribution in [3.63, 3.8) is 0 Å². The van der Waals surface area contributed by atoms with Crippen molar-refractivity contribution in [1.29, 1.82) is 0 Å². The highest BCUT2D eigenvalue weighted by atomic mass is 31.2. The molecule has 0 spiro atoms. The number of para-hydroxylation sites is 5. The molecule has 17 heteroatoms. The molecule has 4 aromatic carbocycles. The first-order chi connectivity index (χ1) is 23.5. The van der Waals surface area contributed by atoms with Gasteiger partial charge in [-0.2, -0.15) is 5.10 Å². The van der Waals surface area contributed by atoms with Gasteiger partial charge in [0.25, 0.3) is 0 Å². The van der Waals surface area contributed by atoms with Crippen molar-refractivity contribution in [3.8, 4) is 28.6 Å². The summed E-state index contributed by atoms with van der Waals surface area (Å²) in [5.41, 5.74) is 2.88. The van der Waals surface area contributed by atoms with Gasteiger partial charge >= 0.3 is 26.6 Å². The minimum Gasteiger partial charge on any atom is -0.424 e. The highest BCUT2D eigenvalue weighted by Gasteiger charge is 2.32. The van der Waals surface area contributed by atoms with Crippen molar-refractivity contribution in [2.24, 2.45) is 0 Å². The number of aromatic nitrogens is 3. The van der Waals surface area contributed by atoms with Gasteiger partial charge in [0.2, 0.25) is 11.5 Å². The van der Waals surface area contributed by atoms with Gasteiger partial charge in [-0.15, -0.1) is 0 Å². The van der Waals surface area contributed by atoms with E-state index in [2.05, 4.69) is 27.3 Å². The molecule has 0 saturated heterocycles. The Hall–Kier alpha value is -5.49. The molecule has 0 bridgehead atoms. The van der Waals surface area contributed by atoms with Crippen LogP contribution in [-0.4, -0.2) is 44.5 Å². The first-order valence-corrected chi connectivity index (χ1v) is 18.3. The second-order valence-electron chi connectivity index (χ2n) is 10.3. The molecule has 1 atom stereocenters. The summed E-state index contributed by atoms with van der Waals surface area (Å²) in [6, 6.07) is 26.4. The third-order valence-electron chi connectivity index (χ3n) is 7.22. The van der Waals surface area contributed by atoms with Crippen molar-refractivity contribution >= 4 is 48.4 Å². The Morgan fingerprint density at radius 2 is 1.29 bits per heavy atom. The maximum absolute atomic E-state index is 12.8. The molecule has 49 heavy (non-hydrogen) atoms. The first kappa shape index (κ1) is 34.8. The molecule has 0 aliphatic heterocycles. The van der Waals surface area contributed by atoms with E-state index in [0.29, 0.717) is 11.9 Å². The molecule has 2 heterocycles. The summed E-state index contributed by atoms with van der Waals surface area (Å²) < 4.78 is 46.3. The zero-order chi connectivity index (χ0) is 35.2. The minimum absolute atomic E-state index is 0.134. The fourth-order valence-corrected chi connectivity index (χ4v) is 6.77. The van der Waals surface area contributed by atoms with E-state index in [1.165, 1.54) is 62.6 Å². The average Bonchev–Trinajstić information content (AvgIpc) is 3.73. The number of nitrogens with one attached hydrogen (secondary N) is 2. The molecule has 1 unspecified atom stereocenters. The Morgan fingerprint density at radius 1 is 0.714 bits per heavy atom. The summed E-state index contributed by atoms with van der Waals surface area (Å²) in [4.78, 5) is 24.0. The minimum atomic E-state index is -3.89. The van der Waals surface area contributed by atoms with Gasteiger partial charge in [0, 0.05) is 35.5 Å². The van der Waals surface area contributed by atoms with Gasteiger partial charge in [-0.1, -0.05) is 56.3 Å². The standard InChI is InChI=1S/C18H18N3O3P.C14H13N2O7P/c1-3-25(22,23-2)24-13-8-9-16-14(11-13)18(21-20-16)17-10-12-6-4-5-7-15(12)19-17;1-2-24(21,22-13-9-5-3-7-11(13)15(17)18)23-14-10-6-4-8-12(14)16(19)20/h4-11,19H,3H2,1-2H3,(H,20,21);3-10H,2H2,1H3. The Kier molecular flexibility index (Phi) is 10.5. The predicted molar refractivity (Wildman–Crippen MR) is 185 cm³/mol. The first-order valence-electron chi connectivity index (χ1n) is 14.8. The smallest absolute Gasteiger partial charge is 0.424 e. The van der Waals surface area contributed by atoms with Crippen molar-refractivity contribution in [2.75, 3.05) is 19.4 Å². The van der Waals surface area contributed by atoms with Crippen molar-refractivity contribution < 1.29 is 37.1 Å². The van der Waals surface area contributed by atoms with E-state index in [1.807, 2.05) is 30.3 Å². The maximum atomic E-state index is 12.8. The lowest BCUT2D eigenvalue weighted by Gasteiger charge is -2.18. The zero-order valence-corrected chi connectivity index (χ0v) is 28.3. The Labute approximate surface area is 279 Å². The van der Waals surface area contributed by atoms with Gasteiger partial charge in [-0.3, -0.25) is 25.3 Å². The van der Waals surface area contributed by atoms with E-state index >= 15 is 0 Å². The maximum Gasteiger partial charge on any atom is 0.430 e. The summed E-state index contributed by atoms with van der Waals surface area (Å²) in [5.74, 6) is 0.0378. The van der Waals surface area contributed by atoms with E-state index in [1.54, 1.807) is 13.0 Å². The van der Waals surface area contributed by atoms with Crippen LogP contribution in [0, 0.1) is 20.2 Å². The van der Waals surface area contributed by atoms with Gasteiger partial charge in [0.15, 0.2) is 0 Å². The van der Waals surface area contributed by atoms with Crippen LogP contribution in [-0.2, 0) is 13.7 Å².